The number of methoxy groups -OCH3 is 1. The molecule has 0 saturated carbocycles. The Hall–Kier alpha value is -1.58. The lowest BCUT2D eigenvalue weighted by molar-refractivity contribution is 0.413. The van der Waals surface area contributed by atoms with Crippen molar-refractivity contribution in [1.29, 1.82) is 0 Å². The van der Waals surface area contributed by atoms with Gasteiger partial charge < -0.3 is 10.1 Å². The van der Waals surface area contributed by atoms with Gasteiger partial charge in [-0.1, -0.05) is 6.42 Å². The molecular formula is C12H17N3O. The maximum Gasteiger partial charge on any atom is 0.137 e. The SMILES string of the molecule is COc1ccc(NC2=NCCCCC2)nc1. The van der Waals surface area contributed by atoms with Gasteiger partial charge in [0.2, 0.25) is 0 Å². The summed E-state index contributed by atoms with van der Waals surface area (Å²) in [6, 6.07) is 3.80. The first-order valence-corrected chi connectivity index (χ1v) is 5.69. The van der Waals surface area contributed by atoms with Crippen LogP contribution in [0.25, 0.3) is 0 Å². The van der Waals surface area contributed by atoms with Crippen molar-refractivity contribution in [3.8, 4) is 5.75 Å². The van der Waals surface area contributed by atoms with Crippen LogP contribution in [0, 0.1) is 0 Å². The Bertz CT molecular complexity index is 359. The zero-order valence-corrected chi connectivity index (χ0v) is 9.57. The second-order valence-electron chi connectivity index (χ2n) is 3.85. The average Bonchev–Trinajstić information content (AvgIpc) is 2.59. The van der Waals surface area contributed by atoms with Crippen LogP contribution in [0.3, 0.4) is 0 Å². The molecule has 0 spiro atoms. The highest BCUT2D eigenvalue weighted by atomic mass is 16.5. The first-order chi connectivity index (χ1) is 7.88. The van der Waals surface area contributed by atoms with Crippen molar-refractivity contribution >= 4 is 11.7 Å². The molecule has 0 bridgehead atoms. The number of nitrogens with zero attached hydrogens (tertiary/aromatic N) is 2. The van der Waals surface area contributed by atoms with Crippen molar-refractivity contribution in [2.75, 3.05) is 19.0 Å². The Morgan fingerprint density at radius 2 is 2.19 bits per heavy atom. The summed E-state index contributed by atoms with van der Waals surface area (Å²) in [6.07, 6.45) is 6.40. The van der Waals surface area contributed by atoms with E-state index in [0.29, 0.717) is 0 Å². The Morgan fingerprint density at radius 3 is 2.94 bits per heavy atom. The van der Waals surface area contributed by atoms with Crippen LogP contribution in [0.15, 0.2) is 23.3 Å². The molecule has 0 atom stereocenters. The molecule has 0 aromatic carbocycles. The van der Waals surface area contributed by atoms with Gasteiger partial charge >= 0.3 is 0 Å². The minimum atomic E-state index is 0.772. The van der Waals surface area contributed by atoms with Crippen LogP contribution < -0.4 is 10.1 Å². The minimum Gasteiger partial charge on any atom is -0.495 e. The number of aliphatic imine (C=N–C) groups is 1. The standard InChI is InChI=1S/C12H17N3O/c1-16-10-6-7-12(14-9-10)15-11-5-3-2-4-8-13-11/h6-7,9H,2-5,8H2,1H3,(H,13,14,15). The number of pyridine rings is 1. The molecule has 1 aliphatic heterocycles. The van der Waals surface area contributed by atoms with Crippen molar-refractivity contribution in [1.82, 2.24) is 4.98 Å². The van der Waals surface area contributed by atoms with E-state index in [9.17, 15) is 0 Å². The number of aromatic nitrogens is 1. The van der Waals surface area contributed by atoms with Crippen molar-refractivity contribution in [2.45, 2.75) is 25.7 Å². The van der Waals surface area contributed by atoms with Gasteiger partial charge in [0.15, 0.2) is 0 Å². The van der Waals surface area contributed by atoms with Crippen molar-refractivity contribution < 1.29 is 4.74 Å². The van der Waals surface area contributed by atoms with Crippen LogP contribution in [0.5, 0.6) is 5.75 Å². The van der Waals surface area contributed by atoms with Gasteiger partial charge in [0, 0.05) is 13.0 Å². The first kappa shape index (κ1) is 10.9. The second kappa shape index (κ2) is 5.49. The second-order valence-corrected chi connectivity index (χ2v) is 3.85. The highest BCUT2D eigenvalue weighted by molar-refractivity contribution is 5.94. The lowest BCUT2D eigenvalue weighted by atomic mass is 10.2. The van der Waals surface area contributed by atoms with Crippen molar-refractivity contribution in [3.63, 3.8) is 0 Å². The molecule has 16 heavy (non-hydrogen) atoms. The number of nitrogens with one attached hydrogen (secondary N) is 1. The molecule has 0 amide bonds. The maximum atomic E-state index is 5.06. The summed E-state index contributed by atoms with van der Waals surface area (Å²) in [6.45, 7) is 0.929. The molecule has 0 aliphatic carbocycles. The van der Waals surface area contributed by atoms with E-state index >= 15 is 0 Å². The first-order valence-electron chi connectivity index (χ1n) is 5.69. The van der Waals surface area contributed by atoms with Crippen molar-refractivity contribution in [3.05, 3.63) is 18.3 Å². The highest BCUT2D eigenvalue weighted by Gasteiger charge is 2.04. The smallest absolute Gasteiger partial charge is 0.137 e. The summed E-state index contributed by atoms with van der Waals surface area (Å²) in [5.74, 6) is 2.66. The van der Waals surface area contributed by atoms with Gasteiger partial charge in [0.1, 0.15) is 17.4 Å². The maximum absolute atomic E-state index is 5.06. The van der Waals surface area contributed by atoms with Gasteiger partial charge in [-0.05, 0) is 25.0 Å². The lowest BCUT2D eigenvalue weighted by Crippen LogP contribution is -2.12. The van der Waals surface area contributed by atoms with E-state index in [1.54, 1.807) is 13.3 Å². The van der Waals surface area contributed by atoms with Crippen LogP contribution >= 0.6 is 0 Å². The molecule has 1 N–H and O–H groups in total. The fourth-order valence-corrected chi connectivity index (χ4v) is 1.70. The van der Waals surface area contributed by atoms with E-state index in [2.05, 4.69) is 15.3 Å². The van der Waals surface area contributed by atoms with Crippen LogP contribution in [0.4, 0.5) is 5.82 Å². The van der Waals surface area contributed by atoms with Gasteiger partial charge in [0.25, 0.3) is 0 Å². The van der Waals surface area contributed by atoms with Gasteiger partial charge in [-0.15, -0.1) is 0 Å². The van der Waals surface area contributed by atoms with Gasteiger partial charge in [-0.3, -0.25) is 4.99 Å². The Balaban J connectivity index is 1.99. The minimum absolute atomic E-state index is 0.772. The van der Waals surface area contributed by atoms with Gasteiger partial charge in [-0.2, -0.15) is 0 Å². The van der Waals surface area contributed by atoms with E-state index in [0.717, 1.165) is 30.4 Å². The highest BCUT2D eigenvalue weighted by Crippen LogP contribution is 2.13. The molecule has 4 nitrogen and oxygen atoms in total. The third-order valence-electron chi connectivity index (χ3n) is 2.62. The third-order valence-corrected chi connectivity index (χ3v) is 2.62. The van der Waals surface area contributed by atoms with E-state index in [1.807, 2.05) is 12.1 Å². The van der Waals surface area contributed by atoms with Gasteiger partial charge in [-0.25, -0.2) is 4.98 Å². The fraction of sp³-hybridized carbons (Fsp3) is 0.500. The van der Waals surface area contributed by atoms with E-state index in [1.165, 1.54) is 19.3 Å². The molecule has 2 rings (SSSR count). The predicted octanol–water partition coefficient (Wildman–Crippen LogP) is 2.47. The molecule has 2 heterocycles. The number of anilines is 1. The van der Waals surface area contributed by atoms with Crippen LogP contribution in [-0.4, -0.2) is 24.5 Å². The third kappa shape index (κ3) is 2.95. The average molecular weight is 219 g/mol. The topological polar surface area (TPSA) is 46.5 Å². The molecule has 1 aliphatic rings. The number of rotatable bonds is 2. The summed E-state index contributed by atoms with van der Waals surface area (Å²) >= 11 is 0. The molecule has 0 fully saturated rings. The summed E-state index contributed by atoms with van der Waals surface area (Å²) in [5, 5.41) is 3.26. The van der Waals surface area contributed by atoms with E-state index in [4.69, 9.17) is 4.74 Å². The normalized spacial score (nSPS) is 16.2. The molecule has 1 aromatic rings. The number of amidine groups is 1. The fourth-order valence-electron chi connectivity index (χ4n) is 1.70. The van der Waals surface area contributed by atoms with E-state index < -0.39 is 0 Å². The summed E-state index contributed by atoms with van der Waals surface area (Å²) < 4.78 is 5.06. The van der Waals surface area contributed by atoms with Crippen LogP contribution in [0.1, 0.15) is 25.7 Å². The Labute approximate surface area is 95.8 Å². The summed E-state index contributed by atoms with van der Waals surface area (Å²) in [5.41, 5.74) is 0. The predicted molar refractivity (Wildman–Crippen MR) is 65.2 cm³/mol. The van der Waals surface area contributed by atoms with Crippen molar-refractivity contribution in [2.24, 2.45) is 4.99 Å². The molecule has 86 valence electrons. The monoisotopic (exact) mass is 219 g/mol. The molecule has 1 aromatic heterocycles. The summed E-state index contributed by atoms with van der Waals surface area (Å²) in [7, 11) is 1.64. The zero-order chi connectivity index (χ0) is 11.2. The van der Waals surface area contributed by atoms with E-state index in [-0.39, 0.29) is 0 Å². The van der Waals surface area contributed by atoms with Crippen LogP contribution in [0.2, 0.25) is 0 Å². The molecule has 4 heteroatoms. The molecule has 0 radical (unpaired) electrons. The zero-order valence-electron chi connectivity index (χ0n) is 9.57. The largest absolute Gasteiger partial charge is 0.495 e. The quantitative estimate of drug-likeness (QED) is 0.831. The Morgan fingerprint density at radius 1 is 1.25 bits per heavy atom. The molecule has 0 unspecified atom stereocenters. The molecule has 0 saturated heterocycles. The van der Waals surface area contributed by atoms with Crippen LogP contribution in [-0.2, 0) is 0 Å². The number of hydrogen-bond acceptors (Lipinski definition) is 4. The lowest BCUT2D eigenvalue weighted by Gasteiger charge is -2.07. The molecular weight excluding hydrogens is 202 g/mol. The number of ether oxygens (including phenoxy) is 1. The summed E-state index contributed by atoms with van der Waals surface area (Å²) in [4.78, 5) is 8.75. The Kier molecular flexibility index (Phi) is 3.75. The van der Waals surface area contributed by atoms with Gasteiger partial charge in [0.05, 0.1) is 13.3 Å². The number of hydrogen-bond donors (Lipinski definition) is 1.